The number of fused-ring (bicyclic) bond motifs is 1. The largest absolute Gasteiger partial charge is 0.434 e. The molecule has 3 aromatic rings. The molecular weight excluding hydrogens is 352 g/mol. The molecule has 0 aliphatic heterocycles. The lowest BCUT2D eigenvalue weighted by atomic mass is 10.1. The van der Waals surface area contributed by atoms with Crippen LogP contribution in [0.5, 0.6) is 5.75 Å². The first-order valence-corrected chi connectivity index (χ1v) is 7.62. The molecule has 25 heavy (non-hydrogen) atoms. The van der Waals surface area contributed by atoms with Crippen LogP contribution in [0.25, 0.3) is 10.9 Å². The van der Waals surface area contributed by atoms with Gasteiger partial charge in [-0.25, -0.2) is 0 Å². The maximum atomic E-state index is 12.6. The summed E-state index contributed by atoms with van der Waals surface area (Å²) in [6, 6.07) is 11.2. The van der Waals surface area contributed by atoms with Gasteiger partial charge in [0.05, 0.1) is 28.0 Å². The van der Waals surface area contributed by atoms with Gasteiger partial charge in [-0.1, -0.05) is 29.8 Å². The number of alkyl halides is 2. The van der Waals surface area contributed by atoms with Gasteiger partial charge in [0, 0.05) is 12.6 Å². The monoisotopic (exact) mass is 363 g/mol. The zero-order valence-corrected chi connectivity index (χ0v) is 13.8. The van der Waals surface area contributed by atoms with Crippen LogP contribution in [0.3, 0.4) is 0 Å². The number of nitriles is 1. The number of aromatic nitrogens is 2. The van der Waals surface area contributed by atoms with Crippen molar-refractivity contribution in [3.63, 3.8) is 0 Å². The third-order valence-electron chi connectivity index (χ3n) is 3.88. The molecule has 0 atom stereocenters. The van der Waals surface area contributed by atoms with Gasteiger partial charge >= 0.3 is 6.61 Å². The summed E-state index contributed by atoms with van der Waals surface area (Å²) in [5, 5.41) is 9.61. The summed E-state index contributed by atoms with van der Waals surface area (Å²) >= 11 is 6.07. The van der Waals surface area contributed by atoms with E-state index in [1.807, 2.05) is 6.07 Å². The molecule has 0 aliphatic rings. The highest BCUT2D eigenvalue weighted by Crippen LogP contribution is 2.25. The van der Waals surface area contributed by atoms with Crippen molar-refractivity contribution in [3.05, 3.63) is 62.9 Å². The van der Waals surface area contributed by atoms with E-state index in [0.717, 1.165) is 0 Å². The molecule has 0 aliphatic carbocycles. The molecule has 5 nitrogen and oxygen atoms in total. The van der Waals surface area contributed by atoms with E-state index >= 15 is 0 Å². The summed E-state index contributed by atoms with van der Waals surface area (Å²) < 4.78 is 32.6. The van der Waals surface area contributed by atoms with Crippen LogP contribution in [0.4, 0.5) is 8.78 Å². The van der Waals surface area contributed by atoms with E-state index in [-0.39, 0.29) is 28.4 Å². The fourth-order valence-corrected chi connectivity index (χ4v) is 2.88. The average molecular weight is 364 g/mol. The molecule has 1 heterocycles. The Morgan fingerprint density at radius 1 is 1.32 bits per heavy atom. The topological polar surface area (TPSA) is 60.0 Å². The minimum Gasteiger partial charge on any atom is -0.434 e. The Hall–Kier alpha value is -2.85. The van der Waals surface area contributed by atoms with Crippen LogP contribution in [0.15, 0.2) is 41.2 Å². The maximum absolute atomic E-state index is 12.6. The number of hydrogen-bond donors (Lipinski definition) is 0. The van der Waals surface area contributed by atoms with Crippen molar-refractivity contribution in [2.24, 2.45) is 7.05 Å². The molecule has 128 valence electrons. The fraction of sp³-hybridized carbons (Fsp3) is 0.176. The SMILES string of the molecule is Cn1c(=O)c2cc(C#N)c(Cl)cc2n1Cc1ccccc1OC(F)F. The first-order valence-electron chi connectivity index (χ1n) is 7.24. The lowest BCUT2D eigenvalue weighted by Crippen LogP contribution is -2.20. The van der Waals surface area contributed by atoms with Gasteiger partial charge in [-0.05, 0) is 18.2 Å². The van der Waals surface area contributed by atoms with E-state index < -0.39 is 6.61 Å². The van der Waals surface area contributed by atoms with Crippen molar-refractivity contribution in [2.75, 3.05) is 0 Å². The predicted octanol–water partition coefficient (Wildman–Crippen LogP) is 3.51. The van der Waals surface area contributed by atoms with Gasteiger partial charge in [-0.3, -0.25) is 14.2 Å². The van der Waals surface area contributed by atoms with Crippen LogP contribution in [0, 0.1) is 11.3 Å². The van der Waals surface area contributed by atoms with Crippen LogP contribution in [0.1, 0.15) is 11.1 Å². The third-order valence-corrected chi connectivity index (χ3v) is 4.19. The van der Waals surface area contributed by atoms with Crippen molar-refractivity contribution < 1.29 is 13.5 Å². The highest BCUT2D eigenvalue weighted by molar-refractivity contribution is 6.32. The summed E-state index contributed by atoms with van der Waals surface area (Å²) in [6.07, 6.45) is 0. The van der Waals surface area contributed by atoms with Crippen molar-refractivity contribution in [3.8, 4) is 11.8 Å². The lowest BCUT2D eigenvalue weighted by molar-refractivity contribution is -0.0505. The Kier molecular flexibility index (Phi) is 4.47. The molecule has 8 heteroatoms. The number of hydrogen-bond acceptors (Lipinski definition) is 3. The van der Waals surface area contributed by atoms with Crippen molar-refractivity contribution in [2.45, 2.75) is 13.2 Å². The maximum Gasteiger partial charge on any atom is 0.387 e. The van der Waals surface area contributed by atoms with Gasteiger partial charge in [0.15, 0.2) is 0 Å². The number of benzene rings is 2. The normalized spacial score (nSPS) is 11.0. The van der Waals surface area contributed by atoms with Gasteiger partial charge in [0.1, 0.15) is 11.8 Å². The van der Waals surface area contributed by atoms with E-state index in [1.54, 1.807) is 29.9 Å². The van der Waals surface area contributed by atoms with Crippen LogP contribution in [-0.4, -0.2) is 16.0 Å². The number of ether oxygens (including phenoxy) is 1. The summed E-state index contributed by atoms with van der Waals surface area (Å²) in [5.74, 6) is 0.0338. The summed E-state index contributed by atoms with van der Waals surface area (Å²) in [4.78, 5) is 12.4. The number of halogens is 3. The predicted molar refractivity (Wildman–Crippen MR) is 89.1 cm³/mol. The van der Waals surface area contributed by atoms with Crippen molar-refractivity contribution in [1.82, 2.24) is 9.36 Å². The van der Waals surface area contributed by atoms with Crippen molar-refractivity contribution >= 4 is 22.5 Å². The van der Waals surface area contributed by atoms with Gasteiger partial charge in [-0.2, -0.15) is 14.0 Å². The molecule has 0 bridgehead atoms. The van der Waals surface area contributed by atoms with E-state index in [9.17, 15) is 13.6 Å². The Bertz CT molecular complexity index is 1050. The van der Waals surface area contributed by atoms with Crippen LogP contribution in [0.2, 0.25) is 5.02 Å². The second-order valence-corrected chi connectivity index (χ2v) is 5.74. The summed E-state index contributed by atoms with van der Waals surface area (Å²) in [7, 11) is 1.55. The molecule has 0 saturated carbocycles. The second kappa shape index (κ2) is 6.57. The number of nitrogens with zero attached hydrogens (tertiary/aromatic N) is 3. The Labute approximate surface area is 146 Å². The second-order valence-electron chi connectivity index (χ2n) is 5.33. The number of para-hydroxylation sites is 1. The molecule has 0 fully saturated rings. The van der Waals surface area contributed by atoms with E-state index in [0.29, 0.717) is 16.5 Å². The molecule has 0 unspecified atom stereocenters. The lowest BCUT2D eigenvalue weighted by Gasteiger charge is -2.13. The van der Waals surface area contributed by atoms with Crippen molar-refractivity contribution in [1.29, 1.82) is 5.26 Å². The van der Waals surface area contributed by atoms with Crippen LogP contribution >= 0.6 is 11.6 Å². The Morgan fingerprint density at radius 2 is 2.04 bits per heavy atom. The number of rotatable bonds is 4. The summed E-state index contributed by atoms with van der Waals surface area (Å²) in [5.41, 5.74) is 0.875. The summed E-state index contributed by atoms with van der Waals surface area (Å²) in [6.45, 7) is -2.82. The molecule has 2 aromatic carbocycles. The highest BCUT2D eigenvalue weighted by Gasteiger charge is 2.16. The first-order chi connectivity index (χ1) is 11.9. The van der Waals surface area contributed by atoms with Gasteiger partial charge in [0.25, 0.3) is 5.56 Å². The smallest absolute Gasteiger partial charge is 0.387 e. The molecule has 0 saturated heterocycles. The standard InChI is InChI=1S/C17H12ClF2N3O2/c1-22-16(24)12-6-11(8-21)13(18)7-14(12)23(22)9-10-4-2-3-5-15(10)25-17(19)20/h2-7,17H,9H2,1H3. The molecule has 1 aromatic heterocycles. The van der Waals surface area contributed by atoms with Gasteiger partial charge in [-0.15, -0.1) is 0 Å². The van der Waals surface area contributed by atoms with E-state index in [1.165, 1.54) is 22.9 Å². The molecule has 0 N–H and O–H groups in total. The average Bonchev–Trinajstić information content (AvgIpc) is 2.80. The zero-order chi connectivity index (χ0) is 18.1. The van der Waals surface area contributed by atoms with Crippen LogP contribution < -0.4 is 10.3 Å². The molecule has 0 amide bonds. The fourth-order valence-electron chi connectivity index (χ4n) is 2.68. The van der Waals surface area contributed by atoms with E-state index in [4.69, 9.17) is 16.9 Å². The Morgan fingerprint density at radius 3 is 2.72 bits per heavy atom. The minimum atomic E-state index is -2.95. The van der Waals surface area contributed by atoms with Gasteiger partial charge in [0.2, 0.25) is 0 Å². The quantitative estimate of drug-likeness (QED) is 0.712. The van der Waals surface area contributed by atoms with Crippen LogP contribution in [-0.2, 0) is 13.6 Å². The van der Waals surface area contributed by atoms with Gasteiger partial charge < -0.3 is 4.74 Å². The Balaban J connectivity index is 2.15. The molecule has 0 radical (unpaired) electrons. The zero-order valence-electron chi connectivity index (χ0n) is 13.0. The van der Waals surface area contributed by atoms with E-state index in [2.05, 4.69) is 4.74 Å². The molecule has 0 spiro atoms. The first kappa shape index (κ1) is 17.0. The minimum absolute atomic E-state index is 0.0338. The highest BCUT2D eigenvalue weighted by atomic mass is 35.5. The molecular formula is C17H12ClF2N3O2. The third kappa shape index (κ3) is 3.08. The molecule has 3 rings (SSSR count).